The van der Waals surface area contributed by atoms with E-state index in [1.54, 1.807) is 6.07 Å². The third-order valence-electron chi connectivity index (χ3n) is 4.40. The average molecular weight is 319 g/mol. The van der Waals surface area contributed by atoms with Crippen LogP contribution in [0.3, 0.4) is 0 Å². The number of anilines is 1. The van der Waals surface area contributed by atoms with Crippen LogP contribution in [0.15, 0.2) is 18.2 Å². The van der Waals surface area contributed by atoms with Crippen molar-refractivity contribution in [2.75, 3.05) is 18.0 Å². The Hall–Kier alpha value is -1.69. The molecule has 1 saturated heterocycles. The number of hydrogen-bond donors (Lipinski definition) is 1. The highest BCUT2D eigenvalue weighted by Gasteiger charge is 2.30. The van der Waals surface area contributed by atoms with Crippen molar-refractivity contribution in [3.8, 4) is 0 Å². The number of thiazole rings is 1. The molecule has 1 aliphatic carbocycles. The fourth-order valence-electron chi connectivity index (χ4n) is 2.90. The van der Waals surface area contributed by atoms with E-state index in [1.807, 2.05) is 0 Å². The Bertz CT molecular complexity index is 704. The first-order chi connectivity index (χ1) is 10.7. The van der Waals surface area contributed by atoms with Crippen LogP contribution in [0.1, 0.15) is 25.7 Å². The van der Waals surface area contributed by atoms with Crippen LogP contribution in [-0.4, -0.2) is 30.0 Å². The van der Waals surface area contributed by atoms with Gasteiger partial charge < -0.3 is 10.2 Å². The van der Waals surface area contributed by atoms with Crippen LogP contribution in [0.5, 0.6) is 0 Å². The van der Waals surface area contributed by atoms with E-state index in [4.69, 9.17) is 0 Å². The lowest BCUT2D eigenvalue weighted by Crippen LogP contribution is -2.41. The van der Waals surface area contributed by atoms with Crippen molar-refractivity contribution < 1.29 is 9.18 Å². The molecule has 1 aromatic heterocycles. The molecule has 2 aliphatic rings. The van der Waals surface area contributed by atoms with E-state index in [9.17, 15) is 9.18 Å². The zero-order valence-electron chi connectivity index (χ0n) is 12.2. The predicted molar refractivity (Wildman–Crippen MR) is 85.7 cm³/mol. The van der Waals surface area contributed by atoms with E-state index in [-0.39, 0.29) is 17.6 Å². The Morgan fingerprint density at radius 3 is 2.77 bits per heavy atom. The fourth-order valence-corrected chi connectivity index (χ4v) is 3.94. The number of carbonyl (C=O) groups is 1. The van der Waals surface area contributed by atoms with E-state index in [2.05, 4.69) is 15.2 Å². The molecule has 0 spiro atoms. The summed E-state index contributed by atoms with van der Waals surface area (Å²) >= 11 is 1.52. The van der Waals surface area contributed by atoms with Gasteiger partial charge in [-0.2, -0.15) is 0 Å². The lowest BCUT2D eigenvalue weighted by atomic mass is 9.96. The van der Waals surface area contributed by atoms with Crippen molar-refractivity contribution in [2.45, 2.75) is 31.7 Å². The molecule has 2 fully saturated rings. The molecule has 1 saturated carbocycles. The number of amides is 1. The molecule has 6 heteroatoms. The molecular formula is C16H18FN3OS. The van der Waals surface area contributed by atoms with Gasteiger partial charge in [-0.1, -0.05) is 11.3 Å². The van der Waals surface area contributed by atoms with Gasteiger partial charge >= 0.3 is 0 Å². The van der Waals surface area contributed by atoms with Crippen LogP contribution in [0.2, 0.25) is 0 Å². The molecule has 1 aromatic carbocycles. The molecule has 116 valence electrons. The number of benzene rings is 1. The molecule has 0 radical (unpaired) electrons. The summed E-state index contributed by atoms with van der Waals surface area (Å²) in [5, 5.41) is 4.03. The van der Waals surface area contributed by atoms with Crippen molar-refractivity contribution >= 4 is 32.6 Å². The molecule has 4 nitrogen and oxygen atoms in total. The van der Waals surface area contributed by atoms with Crippen LogP contribution in [0.25, 0.3) is 10.2 Å². The molecule has 22 heavy (non-hydrogen) atoms. The number of aromatic nitrogens is 1. The molecule has 4 rings (SSSR count). The topological polar surface area (TPSA) is 45.2 Å². The fraction of sp³-hybridized carbons (Fsp3) is 0.500. The standard InChI is InChI=1S/C16H18FN3OS/c17-11-1-4-13-14(9-11)22-16(19-13)20-7-5-10(6-8-20)15(21)18-12-2-3-12/h1,4,9-10,12H,2-3,5-8H2,(H,18,21). The Kier molecular flexibility index (Phi) is 3.48. The third-order valence-corrected chi connectivity index (χ3v) is 5.48. The summed E-state index contributed by atoms with van der Waals surface area (Å²) in [7, 11) is 0. The Balaban J connectivity index is 1.42. The number of halogens is 1. The maximum atomic E-state index is 13.3. The van der Waals surface area contributed by atoms with E-state index >= 15 is 0 Å². The van der Waals surface area contributed by atoms with Gasteiger partial charge in [-0.3, -0.25) is 4.79 Å². The van der Waals surface area contributed by atoms with Crippen LogP contribution in [0, 0.1) is 11.7 Å². The molecule has 2 aromatic rings. The van der Waals surface area contributed by atoms with Gasteiger partial charge in [0.15, 0.2) is 5.13 Å². The number of nitrogens with one attached hydrogen (secondary N) is 1. The summed E-state index contributed by atoms with van der Waals surface area (Å²) in [6.07, 6.45) is 3.99. The second-order valence-electron chi connectivity index (χ2n) is 6.15. The third kappa shape index (κ3) is 2.79. The SMILES string of the molecule is O=C(NC1CC1)C1CCN(c2nc3ccc(F)cc3s2)CC1. The number of piperidine rings is 1. The first kappa shape index (κ1) is 13.9. The Labute approximate surface area is 132 Å². The van der Waals surface area contributed by atoms with Crippen LogP contribution >= 0.6 is 11.3 Å². The Morgan fingerprint density at radius 1 is 1.27 bits per heavy atom. The summed E-state index contributed by atoms with van der Waals surface area (Å²) in [5.41, 5.74) is 0.843. The van der Waals surface area contributed by atoms with Gasteiger partial charge in [0.05, 0.1) is 10.2 Å². The summed E-state index contributed by atoms with van der Waals surface area (Å²) in [6.45, 7) is 1.68. The van der Waals surface area contributed by atoms with Crippen LogP contribution in [-0.2, 0) is 4.79 Å². The number of fused-ring (bicyclic) bond motifs is 1. The van der Waals surface area contributed by atoms with Gasteiger partial charge in [0.1, 0.15) is 5.82 Å². The number of rotatable bonds is 3. The van der Waals surface area contributed by atoms with Crippen molar-refractivity contribution in [3.63, 3.8) is 0 Å². The van der Waals surface area contributed by atoms with E-state index < -0.39 is 0 Å². The quantitative estimate of drug-likeness (QED) is 0.946. The van der Waals surface area contributed by atoms with Crippen LogP contribution < -0.4 is 10.2 Å². The minimum atomic E-state index is -0.224. The summed E-state index contributed by atoms with van der Waals surface area (Å²) in [5.74, 6) is 0.121. The predicted octanol–water partition coefficient (Wildman–Crippen LogP) is 2.93. The summed E-state index contributed by atoms with van der Waals surface area (Å²) < 4.78 is 14.1. The molecular weight excluding hydrogens is 301 g/mol. The minimum absolute atomic E-state index is 0.128. The zero-order valence-corrected chi connectivity index (χ0v) is 13.0. The van der Waals surface area contributed by atoms with Gasteiger partial charge in [0.2, 0.25) is 5.91 Å². The van der Waals surface area contributed by atoms with Gasteiger partial charge in [-0.05, 0) is 43.9 Å². The normalized spacial score (nSPS) is 19.6. The largest absolute Gasteiger partial charge is 0.353 e. The van der Waals surface area contributed by atoms with Gasteiger partial charge in [-0.15, -0.1) is 0 Å². The van der Waals surface area contributed by atoms with E-state index in [0.29, 0.717) is 6.04 Å². The number of carbonyl (C=O) groups excluding carboxylic acids is 1. The second-order valence-corrected chi connectivity index (χ2v) is 7.16. The van der Waals surface area contributed by atoms with E-state index in [1.165, 1.54) is 23.5 Å². The maximum absolute atomic E-state index is 13.3. The first-order valence-electron chi connectivity index (χ1n) is 7.80. The molecule has 1 aliphatic heterocycles. The highest BCUT2D eigenvalue weighted by Crippen LogP contribution is 2.32. The lowest BCUT2D eigenvalue weighted by molar-refractivity contribution is -0.125. The van der Waals surface area contributed by atoms with Crippen molar-refractivity contribution in [1.29, 1.82) is 0 Å². The smallest absolute Gasteiger partial charge is 0.223 e. The highest BCUT2D eigenvalue weighted by atomic mass is 32.1. The second kappa shape index (κ2) is 5.50. The lowest BCUT2D eigenvalue weighted by Gasteiger charge is -2.31. The van der Waals surface area contributed by atoms with Crippen LogP contribution in [0.4, 0.5) is 9.52 Å². The molecule has 2 heterocycles. The van der Waals surface area contributed by atoms with Crippen molar-refractivity contribution in [3.05, 3.63) is 24.0 Å². The average Bonchev–Trinajstić information content (AvgIpc) is 3.23. The monoisotopic (exact) mass is 319 g/mol. The summed E-state index contributed by atoms with van der Waals surface area (Å²) in [6, 6.07) is 5.14. The molecule has 0 atom stereocenters. The van der Waals surface area contributed by atoms with Gasteiger partial charge in [0.25, 0.3) is 0 Å². The zero-order chi connectivity index (χ0) is 15.1. The first-order valence-corrected chi connectivity index (χ1v) is 8.62. The minimum Gasteiger partial charge on any atom is -0.353 e. The van der Waals surface area contributed by atoms with Gasteiger partial charge in [-0.25, -0.2) is 9.37 Å². The molecule has 0 unspecified atom stereocenters. The Morgan fingerprint density at radius 2 is 2.05 bits per heavy atom. The number of nitrogens with zero attached hydrogens (tertiary/aromatic N) is 2. The maximum Gasteiger partial charge on any atom is 0.223 e. The van der Waals surface area contributed by atoms with Crippen molar-refractivity contribution in [2.24, 2.45) is 5.92 Å². The molecule has 0 bridgehead atoms. The van der Waals surface area contributed by atoms with E-state index in [0.717, 1.165) is 54.1 Å². The van der Waals surface area contributed by atoms with Gasteiger partial charge in [0, 0.05) is 25.0 Å². The molecule has 1 N–H and O–H groups in total. The summed E-state index contributed by atoms with van der Waals surface area (Å²) in [4.78, 5) is 18.9. The highest BCUT2D eigenvalue weighted by molar-refractivity contribution is 7.22. The van der Waals surface area contributed by atoms with Crippen molar-refractivity contribution in [1.82, 2.24) is 10.3 Å². The number of hydrogen-bond acceptors (Lipinski definition) is 4. The molecule has 1 amide bonds.